The van der Waals surface area contributed by atoms with Crippen molar-refractivity contribution in [3.63, 3.8) is 0 Å². The van der Waals surface area contributed by atoms with Crippen LogP contribution in [0, 0.1) is 0 Å². The molecule has 3 aromatic rings. The summed E-state index contributed by atoms with van der Waals surface area (Å²) in [6, 6.07) is 16.1. The third-order valence-corrected chi connectivity index (χ3v) is 4.46. The van der Waals surface area contributed by atoms with Crippen LogP contribution < -0.4 is 10.6 Å². The number of aromatic nitrogens is 2. The van der Waals surface area contributed by atoms with Crippen molar-refractivity contribution in [1.82, 2.24) is 20.6 Å². The van der Waals surface area contributed by atoms with Gasteiger partial charge in [0.25, 0.3) is 0 Å². The number of carbonyl (C=O) groups is 1. The fourth-order valence-corrected chi connectivity index (χ4v) is 3.09. The number of fused-ring (bicyclic) bond motifs is 1. The minimum Gasteiger partial charge on any atom is -0.351 e. The van der Waals surface area contributed by atoms with Crippen molar-refractivity contribution in [2.45, 2.75) is 25.4 Å². The van der Waals surface area contributed by atoms with E-state index >= 15 is 0 Å². The van der Waals surface area contributed by atoms with Crippen molar-refractivity contribution in [3.8, 4) is 11.4 Å². The largest absolute Gasteiger partial charge is 0.351 e. The maximum atomic E-state index is 12.0. The van der Waals surface area contributed by atoms with Gasteiger partial charge in [0.05, 0.1) is 17.1 Å². The van der Waals surface area contributed by atoms with Gasteiger partial charge in [-0.3, -0.25) is 4.79 Å². The molecular formula is C19H21ClN4O. The molecule has 2 aromatic carbocycles. The molecule has 130 valence electrons. The fourth-order valence-electron chi connectivity index (χ4n) is 3.09. The molecule has 1 aliphatic heterocycles. The Bertz CT molecular complexity index is 820. The number of hydrogen-bond acceptors (Lipinski definition) is 3. The molecule has 3 N–H and O–H groups in total. The topological polar surface area (TPSA) is 69.8 Å². The van der Waals surface area contributed by atoms with Crippen molar-refractivity contribution in [2.24, 2.45) is 0 Å². The molecule has 2 heterocycles. The number of benzene rings is 2. The van der Waals surface area contributed by atoms with Gasteiger partial charge in [-0.05, 0) is 37.1 Å². The summed E-state index contributed by atoms with van der Waals surface area (Å²) in [4.78, 5) is 20.0. The summed E-state index contributed by atoms with van der Waals surface area (Å²) in [6.45, 7) is 1.49. The molecule has 0 aliphatic carbocycles. The molecule has 0 spiro atoms. The van der Waals surface area contributed by atoms with Crippen molar-refractivity contribution >= 4 is 29.3 Å². The van der Waals surface area contributed by atoms with Gasteiger partial charge in [0.1, 0.15) is 5.82 Å². The summed E-state index contributed by atoms with van der Waals surface area (Å²) < 4.78 is 0. The third-order valence-electron chi connectivity index (χ3n) is 4.46. The average Bonchev–Trinajstić information content (AvgIpc) is 3.29. The normalized spacial score (nSPS) is 16.6. The summed E-state index contributed by atoms with van der Waals surface area (Å²) >= 11 is 0. The Morgan fingerprint density at radius 1 is 1.16 bits per heavy atom. The Hall–Kier alpha value is -2.37. The van der Waals surface area contributed by atoms with E-state index in [1.165, 1.54) is 0 Å². The molecule has 1 saturated heterocycles. The monoisotopic (exact) mass is 356 g/mol. The second kappa shape index (κ2) is 7.68. The minimum atomic E-state index is -0.0279. The molecule has 1 aliphatic rings. The molecule has 1 atom stereocenters. The molecule has 5 nitrogen and oxygen atoms in total. The van der Waals surface area contributed by atoms with Gasteiger partial charge in [0.2, 0.25) is 5.91 Å². The van der Waals surface area contributed by atoms with Crippen molar-refractivity contribution in [2.75, 3.05) is 6.54 Å². The molecule has 1 unspecified atom stereocenters. The number of amides is 1. The predicted molar refractivity (Wildman–Crippen MR) is 102 cm³/mol. The summed E-state index contributed by atoms with van der Waals surface area (Å²) in [7, 11) is 0. The van der Waals surface area contributed by atoms with Gasteiger partial charge in [-0.15, -0.1) is 12.4 Å². The Morgan fingerprint density at radius 2 is 1.96 bits per heavy atom. The molecule has 0 bridgehead atoms. The Labute approximate surface area is 152 Å². The van der Waals surface area contributed by atoms with Crippen molar-refractivity contribution < 1.29 is 4.79 Å². The number of aromatic amines is 1. The second-order valence-corrected chi connectivity index (χ2v) is 6.17. The highest BCUT2D eigenvalue weighted by Gasteiger charge is 2.21. The molecule has 25 heavy (non-hydrogen) atoms. The zero-order chi connectivity index (χ0) is 16.4. The predicted octanol–water partition coefficient (Wildman–Crippen LogP) is 3.02. The lowest BCUT2D eigenvalue weighted by molar-refractivity contribution is -0.122. The van der Waals surface area contributed by atoms with Gasteiger partial charge >= 0.3 is 0 Å². The van der Waals surface area contributed by atoms with Gasteiger partial charge < -0.3 is 15.6 Å². The van der Waals surface area contributed by atoms with E-state index in [1.807, 2.05) is 48.5 Å². The zero-order valence-electron chi connectivity index (χ0n) is 13.8. The van der Waals surface area contributed by atoms with E-state index in [1.54, 1.807) is 0 Å². The summed E-state index contributed by atoms with van der Waals surface area (Å²) in [5, 5.41) is 6.21. The summed E-state index contributed by atoms with van der Waals surface area (Å²) in [5.74, 6) is 0.954. The average molecular weight is 357 g/mol. The molecule has 4 rings (SSSR count). The maximum Gasteiger partial charge on any atom is 0.237 e. The van der Waals surface area contributed by atoms with Crippen molar-refractivity contribution in [1.29, 1.82) is 0 Å². The molecule has 0 radical (unpaired) electrons. The molecule has 1 aromatic heterocycles. The number of carbonyl (C=O) groups excluding carboxylic acids is 1. The second-order valence-electron chi connectivity index (χ2n) is 6.17. The van der Waals surface area contributed by atoms with Crippen LogP contribution in [0.2, 0.25) is 0 Å². The quantitative estimate of drug-likeness (QED) is 0.673. The molecule has 1 fully saturated rings. The van der Waals surface area contributed by atoms with Crippen LogP contribution in [-0.2, 0) is 11.3 Å². The van der Waals surface area contributed by atoms with Gasteiger partial charge in [0, 0.05) is 12.1 Å². The van der Waals surface area contributed by atoms with Crippen LogP contribution in [0.1, 0.15) is 18.4 Å². The smallest absolute Gasteiger partial charge is 0.237 e. The third kappa shape index (κ3) is 3.83. The first-order valence-electron chi connectivity index (χ1n) is 8.35. The van der Waals surface area contributed by atoms with Crippen molar-refractivity contribution in [3.05, 3.63) is 54.1 Å². The number of rotatable bonds is 4. The number of imidazole rings is 1. The number of para-hydroxylation sites is 2. The number of H-pyrrole nitrogens is 1. The van der Waals surface area contributed by atoms with E-state index in [9.17, 15) is 4.79 Å². The SMILES string of the molecule is Cl.O=C(NCc1ccc(-c2nc3ccccc3[nH]2)cc1)C1CCCN1. The van der Waals surface area contributed by atoms with Crippen LogP contribution in [-0.4, -0.2) is 28.5 Å². The summed E-state index contributed by atoms with van der Waals surface area (Å²) in [6.07, 6.45) is 2.00. The highest BCUT2D eigenvalue weighted by molar-refractivity contribution is 5.85. The van der Waals surface area contributed by atoms with Crippen LogP contribution >= 0.6 is 12.4 Å². The fraction of sp³-hybridized carbons (Fsp3) is 0.263. The Balaban J connectivity index is 0.00000182. The van der Waals surface area contributed by atoms with Crippen LogP contribution in [0.25, 0.3) is 22.4 Å². The zero-order valence-corrected chi connectivity index (χ0v) is 14.6. The van der Waals surface area contributed by atoms with E-state index in [4.69, 9.17) is 0 Å². The molecule has 0 saturated carbocycles. The molecular weight excluding hydrogens is 336 g/mol. The van der Waals surface area contributed by atoms with Crippen LogP contribution in [0.4, 0.5) is 0 Å². The lowest BCUT2D eigenvalue weighted by atomic mass is 10.1. The maximum absolute atomic E-state index is 12.0. The summed E-state index contributed by atoms with van der Waals surface area (Å²) in [5.41, 5.74) is 4.13. The Morgan fingerprint density at radius 3 is 2.68 bits per heavy atom. The van der Waals surface area contributed by atoms with Gasteiger partial charge in [-0.1, -0.05) is 36.4 Å². The van der Waals surface area contributed by atoms with E-state index in [2.05, 4.69) is 20.6 Å². The number of halogens is 1. The van der Waals surface area contributed by atoms with Crippen LogP contribution in [0.5, 0.6) is 0 Å². The first-order valence-corrected chi connectivity index (χ1v) is 8.35. The number of nitrogens with zero attached hydrogens (tertiary/aromatic N) is 1. The van der Waals surface area contributed by atoms with Gasteiger partial charge in [-0.2, -0.15) is 0 Å². The van der Waals surface area contributed by atoms with Crippen LogP contribution in [0.15, 0.2) is 48.5 Å². The number of hydrogen-bond donors (Lipinski definition) is 3. The lowest BCUT2D eigenvalue weighted by Crippen LogP contribution is -2.39. The van der Waals surface area contributed by atoms with E-state index in [0.717, 1.165) is 47.4 Å². The minimum absolute atomic E-state index is 0. The highest BCUT2D eigenvalue weighted by atomic mass is 35.5. The first-order chi connectivity index (χ1) is 11.8. The van der Waals surface area contributed by atoms with E-state index < -0.39 is 0 Å². The van der Waals surface area contributed by atoms with E-state index in [-0.39, 0.29) is 24.4 Å². The molecule has 6 heteroatoms. The molecule has 1 amide bonds. The van der Waals surface area contributed by atoms with Gasteiger partial charge in [0.15, 0.2) is 0 Å². The van der Waals surface area contributed by atoms with E-state index in [0.29, 0.717) is 6.54 Å². The lowest BCUT2D eigenvalue weighted by Gasteiger charge is -2.11. The Kier molecular flexibility index (Phi) is 5.36. The standard InChI is InChI=1S/C19H20N4O.ClH/c24-19(17-6-3-11-20-17)21-12-13-7-9-14(10-8-13)18-22-15-4-1-2-5-16(15)23-18;/h1-2,4-5,7-10,17,20H,3,6,11-12H2,(H,21,24)(H,22,23);1H. The van der Waals surface area contributed by atoms with Gasteiger partial charge in [-0.25, -0.2) is 4.98 Å². The van der Waals surface area contributed by atoms with Crippen LogP contribution in [0.3, 0.4) is 0 Å². The first kappa shape index (κ1) is 17.5. The highest BCUT2D eigenvalue weighted by Crippen LogP contribution is 2.20. The number of nitrogens with one attached hydrogen (secondary N) is 3.